The highest BCUT2D eigenvalue weighted by Crippen LogP contribution is 2.30. The number of hydrogen-bond acceptors (Lipinski definition) is 5. The second kappa shape index (κ2) is 8.10. The second-order valence-electron chi connectivity index (χ2n) is 6.67. The molecule has 2 aromatic carbocycles. The van der Waals surface area contributed by atoms with Gasteiger partial charge >= 0.3 is 0 Å². The van der Waals surface area contributed by atoms with Crippen LogP contribution < -0.4 is 10.2 Å². The van der Waals surface area contributed by atoms with Crippen molar-refractivity contribution in [2.24, 2.45) is 0 Å². The number of nitrogens with zero attached hydrogens (tertiary/aromatic N) is 2. The van der Waals surface area contributed by atoms with Crippen molar-refractivity contribution in [3.05, 3.63) is 66.7 Å². The quantitative estimate of drug-likeness (QED) is 0.651. The van der Waals surface area contributed by atoms with Gasteiger partial charge in [-0.2, -0.15) is 0 Å². The molecule has 0 aliphatic carbocycles. The summed E-state index contributed by atoms with van der Waals surface area (Å²) in [5.41, 5.74) is 1.75. The van der Waals surface area contributed by atoms with Crippen molar-refractivity contribution >= 4 is 29.1 Å². The molecule has 146 valence electrons. The Hall–Kier alpha value is -3.74. The minimum Gasteiger partial charge on any atom is -0.441 e. The van der Waals surface area contributed by atoms with Gasteiger partial charge in [0, 0.05) is 31.2 Å². The zero-order valence-corrected chi connectivity index (χ0v) is 15.6. The first-order valence-corrected chi connectivity index (χ1v) is 9.36. The van der Waals surface area contributed by atoms with E-state index in [0.29, 0.717) is 29.4 Å². The molecule has 3 amide bonds. The molecular formula is C22H19N3O4. The van der Waals surface area contributed by atoms with Crippen LogP contribution in [0.2, 0.25) is 0 Å². The van der Waals surface area contributed by atoms with Gasteiger partial charge in [0.25, 0.3) is 0 Å². The predicted octanol–water partition coefficient (Wildman–Crippen LogP) is 3.57. The summed E-state index contributed by atoms with van der Waals surface area (Å²) in [5.74, 6) is 0.348. The molecule has 0 saturated carbocycles. The van der Waals surface area contributed by atoms with Crippen LogP contribution in [0, 0.1) is 0 Å². The number of carbonyl (C=O) groups is 3. The van der Waals surface area contributed by atoms with Gasteiger partial charge in [0.05, 0.1) is 17.6 Å². The Labute approximate surface area is 167 Å². The molecule has 1 fully saturated rings. The standard InChI is InChI=1S/C22H19N3O4/c26-19(10-11-20-23-14-18(29-20)15-6-2-1-3-7-15)24-16-8-4-5-9-17(16)25-21(27)12-13-22(25)28/h1-9,14H,10-13H2,(H,24,26). The molecule has 1 N–H and O–H groups in total. The van der Waals surface area contributed by atoms with Gasteiger partial charge in [0.15, 0.2) is 11.7 Å². The zero-order chi connectivity index (χ0) is 20.2. The normalized spacial score (nSPS) is 13.7. The molecule has 0 radical (unpaired) electrons. The van der Waals surface area contributed by atoms with Gasteiger partial charge in [-0.1, -0.05) is 42.5 Å². The number of aryl methyl sites for hydroxylation is 1. The maximum atomic E-state index is 12.4. The molecule has 1 saturated heterocycles. The summed E-state index contributed by atoms with van der Waals surface area (Å²) in [6, 6.07) is 16.4. The maximum Gasteiger partial charge on any atom is 0.234 e. The van der Waals surface area contributed by atoms with Crippen molar-refractivity contribution in [2.75, 3.05) is 10.2 Å². The third-order valence-electron chi connectivity index (χ3n) is 4.65. The summed E-state index contributed by atoms with van der Waals surface area (Å²) in [4.78, 5) is 41.8. The van der Waals surface area contributed by atoms with Crippen LogP contribution in [0.25, 0.3) is 11.3 Å². The first-order valence-electron chi connectivity index (χ1n) is 9.36. The van der Waals surface area contributed by atoms with E-state index >= 15 is 0 Å². The van der Waals surface area contributed by atoms with Gasteiger partial charge in [-0.05, 0) is 12.1 Å². The number of para-hydroxylation sites is 2. The average molecular weight is 389 g/mol. The van der Waals surface area contributed by atoms with Crippen LogP contribution in [0.4, 0.5) is 11.4 Å². The third kappa shape index (κ3) is 4.08. The van der Waals surface area contributed by atoms with Crippen molar-refractivity contribution in [3.63, 3.8) is 0 Å². The number of oxazole rings is 1. The lowest BCUT2D eigenvalue weighted by atomic mass is 10.2. The van der Waals surface area contributed by atoms with Crippen LogP contribution in [-0.4, -0.2) is 22.7 Å². The Kier molecular flexibility index (Phi) is 5.20. The number of amides is 3. The summed E-state index contributed by atoms with van der Waals surface area (Å²) in [5, 5.41) is 2.78. The fourth-order valence-electron chi connectivity index (χ4n) is 3.21. The number of aromatic nitrogens is 1. The first kappa shape index (κ1) is 18.6. The Bertz CT molecular complexity index is 1040. The molecule has 1 aliphatic rings. The van der Waals surface area contributed by atoms with Crippen LogP contribution in [0.15, 0.2) is 65.2 Å². The van der Waals surface area contributed by atoms with Crippen LogP contribution in [0.3, 0.4) is 0 Å². The van der Waals surface area contributed by atoms with E-state index in [1.54, 1.807) is 30.5 Å². The van der Waals surface area contributed by atoms with Gasteiger partial charge in [-0.3, -0.25) is 14.4 Å². The van der Waals surface area contributed by atoms with E-state index in [9.17, 15) is 14.4 Å². The summed E-state index contributed by atoms with van der Waals surface area (Å²) >= 11 is 0. The van der Waals surface area contributed by atoms with Crippen molar-refractivity contribution in [1.82, 2.24) is 4.98 Å². The molecule has 3 aromatic rings. The highest BCUT2D eigenvalue weighted by atomic mass is 16.4. The van der Waals surface area contributed by atoms with Crippen LogP contribution >= 0.6 is 0 Å². The molecule has 4 rings (SSSR count). The van der Waals surface area contributed by atoms with Crippen LogP contribution in [0.1, 0.15) is 25.2 Å². The maximum absolute atomic E-state index is 12.4. The monoisotopic (exact) mass is 389 g/mol. The number of hydrogen-bond donors (Lipinski definition) is 1. The van der Waals surface area contributed by atoms with Crippen LogP contribution in [-0.2, 0) is 20.8 Å². The number of anilines is 2. The fourth-order valence-corrected chi connectivity index (χ4v) is 3.21. The van der Waals surface area contributed by atoms with E-state index < -0.39 is 0 Å². The van der Waals surface area contributed by atoms with Gasteiger partial charge in [0.1, 0.15) is 0 Å². The largest absolute Gasteiger partial charge is 0.441 e. The van der Waals surface area contributed by atoms with Crippen molar-refractivity contribution in [3.8, 4) is 11.3 Å². The number of benzene rings is 2. The van der Waals surface area contributed by atoms with Gasteiger partial charge < -0.3 is 9.73 Å². The summed E-state index contributed by atoms with van der Waals surface area (Å²) in [7, 11) is 0. The molecular weight excluding hydrogens is 370 g/mol. The smallest absolute Gasteiger partial charge is 0.234 e. The van der Waals surface area contributed by atoms with Gasteiger partial charge in [-0.25, -0.2) is 9.88 Å². The third-order valence-corrected chi connectivity index (χ3v) is 4.65. The van der Waals surface area contributed by atoms with Gasteiger partial charge in [-0.15, -0.1) is 0 Å². The highest BCUT2D eigenvalue weighted by Gasteiger charge is 2.31. The molecule has 0 bridgehead atoms. The molecule has 1 aromatic heterocycles. The lowest BCUT2D eigenvalue weighted by Crippen LogP contribution is -2.29. The molecule has 0 unspecified atom stereocenters. The average Bonchev–Trinajstić information content (AvgIpc) is 3.34. The van der Waals surface area contributed by atoms with Crippen molar-refractivity contribution < 1.29 is 18.8 Å². The van der Waals surface area contributed by atoms with Crippen molar-refractivity contribution in [2.45, 2.75) is 25.7 Å². The Morgan fingerprint density at radius 1 is 1.00 bits per heavy atom. The first-order chi connectivity index (χ1) is 14.1. The topological polar surface area (TPSA) is 92.5 Å². The Balaban J connectivity index is 1.41. The van der Waals surface area contributed by atoms with Crippen molar-refractivity contribution in [1.29, 1.82) is 0 Å². The predicted molar refractivity (Wildman–Crippen MR) is 107 cm³/mol. The minimum absolute atomic E-state index is 0.158. The lowest BCUT2D eigenvalue weighted by molar-refractivity contribution is -0.121. The molecule has 0 spiro atoms. The van der Waals surface area contributed by atoms with E-state index in [1.807, 2.05) is 30.3 Å². The summed E-state index contributed by atoms with van der Waals surface area (Å²) < 4.78 is 5.71. The zero-order valence-electron chi connectivity index (χ0n) is 15.6. The number of carbonyl (C=O) groups excluding carboxylic acids is 3. The number of rotatable bonds is 6. The molecule has 29 heavy (non-hydrogen) atoms. The van der Waals surface area contributed by atoms with E-state index in [2.05, 4.69) is 10.3 Å². The highest BCUT2D eigenvalue weighted by molar-refractivity contribution is 6.21. The minimum atomic E-state index is -0.259. The number of nitrogens with one attached hydrogen (secondary N) is 1. The SMILES string of the molecule is O=C(CCc1ncc(-c2ccccc2)o1)Nc1ccccc1N1C(=O)CCC1=O. The molecule has 2 heterocycles. The number of imide groups is 1. The Morgan fingerprint density at radius 2 is 1.69 bits per heavy atom. The summed E-state index contributed by atoms with van der Waals surface area (Å²) in [6.45, 7) is 0. The fraction of sp³-hybridized carbons (Fsp3) is 0.182. The van der Waals surface area contributed by atoms with E-state index in [0.717, 1.165) is 10.5 Å². The molecule has 0 atom stereocenters. The van der Waals surface area contributed by atoms with Crippen LogP contribution in [0.5, 0.6) is 0 Å². The van der Waals surface area contributed by atoms with Gasteiger partial charge in [0.2, 0.25) is 17.7 Å². The summed E-state index contributed by atoms with van der Waals surface area (Å²) in [6.07, 6.45) is 2.51. The molecule has 7 heteroatoms. The lowest BCUT2D eigenvalue weighted by Gasteiger charge is -2.18. The second-order valence-corrected chi connectivity index (χ2v) is 6.67. The van der Waals surface area contributed by atoms with E-state index in [4.69, 9.17) is 4.42 Å². The molecule has 1 aliphatic heterocycles. The Morgan fingerprint density at radius 3 is 2.45 bits per heavy atom. The molecule has 7 nitrogen and oxygen atoms in total. The van der Waals surface area contributed by atoms with E-state index in [-0.39, 0.29) is 37.0 Å². The van der Waals surface area contributed by atoms with E-state index in [1.165, 1.54) is 0 Å².